The van der Waals surface area contributed by atoms with Crippen LogP contribution in [0.2, 0.25) is 0 Å². The van der Waals surface area contributed by atoms with Crippen molar-refractivity contribution in [2.24, 2.45) is 29.2 Å². The van der Waals surface area contributed by atoms with Gasteiger partial charge in [0.25, 0.3) is 0 Å². The van der Waals surface area contributed by atoms with Crippen LogP contribution in [0.3, 0.4) is 0 Å². The number of amides is 6. The Labute approximate surface area is 324 Å². The summed E-state index contributed by atoms with van der Waals surface area (Å²) in [5.41, 5.74) is 12.3. The number of carbonyl (C=O) groups is 7. The number of hydrogen-bond donors (Lipinski definition) is 10. The predicted molar refractivity (Wildman–Crippen MR) is 207 cm³/mol. The number of benzene rings is 1. The Morgan fingerprint density at radius 1 is 0.600 bits per heavy atom. The van der Waals surface area contributed by atoms with E-state index < -0.39 is 89.6 Å². The van der Waals surface area contributed by atoms with Crippen molar-refractivity contribution in [2.45, 2.75) is 136 Å². The molecule has 12 N–H and O–H groups in total. The molecule has 1 aromatic carbocycles. The lowest BCUT2D eigenvalue weighted by Crippen LogP contribution is -2.59. The van der Waals surface area contributed by atoms with Gasteiger partial charge in [0.1, 0.15) is 42.0 Å². The zero-order valence-electron chi connectivity index (χ0n) is 33.4. The van der Waals surface area contributed by atoms with Crippen molar-refractivity contribution >= 4 is 41.4 Å². The molecule has 6 amide bonds. The van der Waals surface area contributed by atoms with E-state index in [1.807, 2.05) is 27.7 Å². The molecule has 0 aromatic heterocycles. The van der Waals surface area contributed by atoms with Crippen LogP contribution in [0.4, 0.5) is 0 Å². The number of aromatic hydroxyl groups is 1. The Balaban J connectivity index is 3.04. The third kappa shape index (κ3) is 17.9. The third-order valence-electron chi connectivity index (χ3n) is 8.73. The van der Waals surface area contributed by atoms with Gasteiger partial charge in [-0.1, -0.05) is 60.1 Å². The first-order valence-electron chi connectivity index (χ1n) is 18.9. The number of nitrogens with one attached hydrogen (secondary N) is 6. The smallest absolute Gasteiger partial charge is 0.326 e. The topological polar surface area (TPSA) is 284 Å². The Hall–Kier alpha value is -4.77. The highest BCUT2D eigenvalue weighted by atomic mass is 16.4. The number of phenolic OH excluding ortho intramolecular Hbond substituents is 1. The molecule has 7 atom stereocenters. The number of nitrogens with two attached hydrogens (primary N) is 2. The van der Waals surface area contributed by atoms with Gasteiger partial charge >= 0.3 is 5.97 Å². The van der Waals surface area contributed by atoms with E-state index in [9.17, 15) is 43.8 Å². The lowest BCUT2D eigenvalue weighted by Gasteiger charge is -2.27. The molecule has 0 unspecified atom stereocenters. The summed E-state index contributed by atoms with van der Waals surface area (Å²) in [6.45, 7) is 13.9. The van der Waals surface area contributed by atoms with Gasteiger partial charge in [-0.05, 0) is 81.5 Å². The van der Waals surface area contributed by atoms with Gasteiger partial charge in [-0.15, -0.1) is 0 Å². The van der Waals surface area contributed by atoms with Crippen molar-refractivity contribution in [1.29, 1.82) is 0 Å². The molecule has 17 heteroatoms. The van der Waals surface area contributed by atoms with E-state index in [0.29, 0.717) is 31.4 Å². The van der Waals surface area contributed by atoms with Crippen LogP contribution >= 0.6 is 0 Å². The molecule has 310 valence electrons. The Morgan fingerprint density at radius 3 is 1.58 bits per heavy atom. The zero-order chi connectivity index (χ0) is 42.0. The average molecular weight is 777 g/mol. The van der Waals surface area contributed by atoms with Crippen molar-refractivity contribution in [3.8, 4) is 5.75 Å². The van der Waals surface area contributed by atoms with Crippen LogP contribution in [0.1, 0.15) is 93.1 Å². The van der Waals surface area contributed by atoms with Gasteiger partial charge in [0.05, 0.1) is 6.04 Å². The van der Waals surface area contributed by atoms with Crippen LogP contribution in [-0.2, 0) is 40.0 Å². The summed E-state index contributed by atoms with van der Waals surface area (Å²) in [7, 11) is 0. The van der Waals surface area contributed by atoms with Crippen LogP contribution in [0.5, 0.6) is 5.75 Å². The summed E-state index contributed by atoms with van der Waals surface area (Å²) >= 11 is 0. The average Bonchev–Trinajstić information content (AvgIpc) is 3.09. The van der Waals surface area contributed by atoms with Gasteiger partial charge in [0.15, 0.2) is 0 Å². The van der Waals surface area contributed by atoms with Crippen molar-refractivity contribution in [3.05, 3.63) is 29.8 Å². The van der Waals surface area contributed by atoms with E-state index >= 15 is 0 Å². The van der Waals surface area contributed by atoms with Crippen molar-refractivity contribution in [1.82, 2.24) is 31.9 Å². The summed E-state index contributed by atoms with van der Waals surface area (Å²) < 4.78 is 0. The molecular weight excluding hydrogens is 712 g/mol. The number of aliphatic carboxylic acids is 1. The highest BCUT2D eigenvalue weighted by molar-refractivity contribution is 5.96. The second-order valence-corrected chi connectivity index (χ2v) is 15.2. The molecule has 0 spiro atoms. The van der Waals surface area contributed by atoms with E-state index in [0.717, 1.165) is 0 Å². The number of rotatable bonds is 24. The van der Waals surface area contributed by atoms with E-state index in [-0.39, 0.29) is 36.8 Å². The first kappa shape index (κ1) is 48.2. The minimum atomic E-state index is -1.20. The number of carbonyl (C=O) groups excluding carboxylic acids is 6. The maximum atomic E-state index is 13.7. The summed E-state index contributed by atoms with van der Waals surface area (Å²) in [6.07, 6.45) is 2.06. The third-order valence-corrected chi connectivity index (χ3v) is 8.73. The summed E-state index contributed by atoms with van der Waals surface area (Å²) in [5.74, 6) is -5.68. The van der Waals surface area contributed by atoms with Crippen molar-refractivity contribution < 1.29 is 43.8 Å². The van der Waals surface area contributed by atoms with Crippen LogP contribution in [0.25, 0.3) is 0 Å². The predicted octanol–water partition coefficient (Wildman–Crippen LogP) is 0.172. The minimum Gasteiger partial charge on any atom is -0.508 e. The van der Waals surface area contributed by atoms with Crippen molar-refractivity contribution in [2.75, 3.05) is 6.54 Å². The first-order chi connectivity index (χ1) is 25.7. The second kappa shape index (κ2) is 23.9. The lowest BCUT2D eigenvalue weighted by molar-refractivity contribution is -0.143. The molecular formula is C38H64N8O9. The van der Waals surface area contributed by atoms with Crippen LogP contribution in [0, 0.1) is 17.8 Å². The molecule has 0 aliphatic heterocycles. The second-order valence-electron chi connectivity index (χ2n) is 15.2. The van der Waals surface area contributed by atoms with E-state index in [2.05, 4.69) is 31.9 Å². The number of unbranched alkanes of at least 4 members (excludes halogenated alkanes) is 1. The molecule has 0 aliphatic carbocycles. The minimum absolute atomic E-state index is 0.00883. The number of carboxylic acid groups (broad SMARTS) is 1. The number of carboxylic acids is 1. The van der Waals surface area contributed by atoms with Gasteiger partial charge in [-0.3, -0.25) is 28.8 Å². The lowest BCUT2D eigenvalue weighted by atomic mass is 10.00. The van der Waals surface area contributed by atoms with Gasteiger partial charge in [-0.2, -0.15) is 0 Å². The maximum Gasteiger partial charge on any atom is 0.326 e. The summed E-state index contributed by atoms with van der Waals surface area (Å²) in [5, 5.41) is 34.8. The van der Waals surface area contributed by atoms with Gasteiger partial charge in [-0.25, -0.2) is 4.79 Å². The molecule has 0 fully saturated rings. The first-order valence-corrected chi connectivity index (χ1v) is 18.9. The Kier molecular flexibility index (Phi) is 21.0. The highest BCUT2D eigenvalue weighted by Crippen LogP contribution is 2.13. The van der Waals surface area contributed by atoms with Crippen LogP contribution < -0.4 is 43.4 Å². The molecule has 0 saturated heterocycles. The Morgan fingerprint density at radius 2 is 1.07 bits per heavy atom. The monoisotopic (exact) mass is 776 g/mol. The van der Waals surface area contributed by atoms with Crippen LogP contribution in [-0.4, -0.2) is 100 Å². The largest absolute Gasteiger partial charge is 0.508 e. The molecule has 0 heterocycles. The molecule has 0 bridgehead atoms. The number of hydrogen-bond acceptors (Lipinski definition) is 10. The molecule has 17 nitrogen and oxygen atoms in total. The normalized spacial score (nSPS) is 15.1. The van der Waals surface area contributed by atoms with Crippen LogP contribution in [0.15, 0.2) is 24.3 Å². The standard InChI is InChI=1S/C38H64N8O9/c1-20(2)17-28(44-36(52)29(19-25-12-14-26(47)15-13-25)43-34(50)27(40)11-9-10-16-39)35(51)42-23(7)32(48)41-24(8)33(49)46-31(22(5)6)37(53)45-30(38(54)55)18-21(3)4/h12-15,20-24,27-31,47H,9-11,16-19,39-40H2,1-8H3,(H,41,48)(H,42,51)(H,43,50)(H,44,52)(H,45,53)(H,46,49)(H,54,55)/t23-,24-,27-,28-,29-,30-,31-/m0/s1. The molecule has 0 radical (unpaired) electrons. The zero-order valence-corrected chi connectivity index (χ0v) is 33.4. The molecule has 55 heavy (non-hydrogen) atoms. The summed E-state index contributed by atoms with van der Waals surface area (Å²) in [6, 6.07) is -1.60. The SMILES string of the molecule is CC(C)C[C@H](NC(=O)[C@@H](NC(=O)[C@H](C)NC(=O)[C@H](C)NC(=O)[C@H](CC(C)C)NC(=O)[C@H](Cc1ccc(O)cc1)NC(=O)[C@@H](N)CCCCN)C(C)C)C(=O)O. The summed E-state index contributed by atoms with van der Waals surface area (Å²) in [4.78, 5) is 91.1. The van der Waals surface area contributed by atoms with Crippen molar-refractivity contribution in [3.63, 3.8) is 0 Å². The van der Waals surface area contributed by atoms with E-state index in [4.69, 9.17) is 11.5 Å². The number of phenols is 1. The Bertz CT molecular complexity index is 1440. The van der Waals surface area contributed by atoms with Gasteiger partial charge in [0.2, 0.25) is 35.4 Å². The fraction of sp³-hybridized carbons (Fsp3) is 0.658. The molecule has 1 aromatic rings. The fourth-order valence-corrected chi connectivity index (χ4v) is 5.52. The quantitative estimate of drug-likeness (QED) is 0.0632. The molecule has 1 rings (SSSR count). The maximum absolute atomic E-state index is 13.7. The van der Waals surface area contributed by atoms with Gasteiger partial charge < -0.3 is 53.6 Å². The molecule has 0 saturated carbocycles. The van der Waals surface area contributed by atoms with Gasteiger partial charge in [0, 0.05) is 6.42 Å². The fourth-order valence-electron chi connectivity index (χ4n) is 5.52. The highest BCUT2D eigenvalue weighted by Gasteiger charge is 2.33. The molecule has 0 aliphatic rings. The van der Waals surface area contributed by atoms with E-state index in [1.165, 1.54) is 26.0 Å². The van der Waals surface area contributed by atoms with E-state index in [1.54, 1.807) is 26.0 Å².